The zero-order valence-corrected chi connectivity index (χ0v) is 32.1. The summed E-state index contributed by atoms with van der Waals surface area (Å²) >= 11 is 0. The summed E-state index contributed by atoms with van der Waals surface area (Å²) < 4.78 is 11.6. The van der Waals surface area contributed by atoms with Crippen molar-refractivity contribution in [3.8, 4) is 33.6 Å². The van der Waals surface area contributed by atoms with E-state index in [1.165, 1.54) is 0 Å². The van der Waals surface area contributed by atoms with Gasteiger partial charge in [-0.15, -0.1) is 0 Å². The number of carbonyl (C=O) groups is 2. The molecule has 54 heavy (non-hydrogen) atoms. The van der Waals surface area contributed by atoms with E-state index in [1.807, 2.05) is 63.7 Å². The highest BCUT2D eigenvalue weighted by Gasteiger charge is 2.55. The number of rotatable bonds is 5. The Morgan fingerprint density at radius 3 is 1.98 bits per heavy atom. The summed E-state index contributed by atoms with van der Waals surface area (Å²) in [5.41, 5.74) is 5.38. The zero-order chi connectivity index (χ0) is 37.6. The summed E-state index contributed by atoms with van der Waals surface area (Å²) in [6.07, 6.45) is 9.60. The number of aromatic nitrogens is 4. The van der Waals surface area contributed by atoms with Crippen molar-refractivity contribution in [3.05, 3.63) is 84.7 Å². The fourth-order valence-electron chi connectivity index (χ4n) is 8.99. The molecule has 9 rings (SSSR count). The van der Waals surface area contributed by atoms with Gasteiger partial charge in [-0.05, 0) is 131 Å². The Bertz CT molecular complexity index is 2240. The van der Waals surface area contributed by atoms with Crippen LogP contribution in [0.1, 0.15) is 104 Å². The molecule has 10 heteroatoms. The molecule has 2 amide bonds. The van der Waals surface area contributed by atoms with Crippen LogP contribution >= 0.6 is 0 Å². The summed E-state index contributed by atoms with van der Waals surface area (Å²) in [4.78, 5) is 46.9. The molecule has 4 heterocycles. The third-order valence-electron chi connectivity index (χ3n) is 11.8. The van der Waals surface area contributed by atoms with Gasteiger partial charge in [-0.1, -0.05) is 48.5 Å². The smallest absolute Gasteiger partial charge is 0.411 e. The number of imidazole rings is 2. The molecule has 2 saturated heterocycles. The van der Waals surface area contributed by atoms with Gasteiger partial charge in [0, 0.05) is 18.2 Å². The molecule has 2 aliphatic carbocycles. The van der Waals surface area contributed by atoms with Crippen molar-refractivity contribution in [3.63, 3.8) is 0 Å². The molecule has 2 N–H and O–H groups in total. The number of likely N-dealkylation sites (tertiary alicyclic amines) is 2. The standard InChI is InChI=1S/C44H50N6O4/c1-42(2,3)53-40(51)49-25-44(17-18-44)22-36(49)38-45-24-35(47-38)31-14-13-29-19-28(11-12-30(29)20-31)26-7-9-27(10-8-26)34-23-46-39(48-34)37-32-15-16-33(21-32)50(37)41(52)54-43(4,5)6/h7-14,19-20,23-24,32-33,36-37H,15-18,21-22,25H2,1-6H3,(H,45,47)(H,46,48)/t32?,33-,36+,37?/m1/s1. The lowest BCUT2D eigenvalue weighted by atomic mass is 9.98. The van der Waals surface area contributed by atoms with E-state index in [0.717, 1.165) is 101 Å². The molecule has 2 unspecified atom stereocenters. The summed E-state index contributed by atoms with van der Waals surface area (Å²) in [7, 11) is 0. The molecule has 2 aromatic heterocycles. The molecular weight excluding hydrogens is 677 g/mol. The molecule has 4 atom stereocenters. The number of hydrogen-bond donors (Lipinski definition) is 2. The summed E-state index contributed by atoms with van der Waals surface area (Å²) in [6.45, 7) is 12.2. The van der Waals surface area contributed by atoms with Gasteiger partial charge in [0.05, 0.1) is 35.9 Å². The number of fused-ring (bicyclic) bond motifs is 3. The first-order valence-electron chi connectivity index (χ1n) is 19.5. The van der Waals surface area contributed by atoms with Gasteiger partial charge in [0.25, 0.3) is 0 Å². The van der Waals surface area contributed by atoms with E-state index in [-0.39, 0.29) is 35.7 Å². The Labute approximate surface area is 316 Å². The van der Waals surface area contributed by atoms with Crippen molar-refractivity contribution in [2.45, 2.75) is 109 Å². The van der Waals surface area contributed by atoms with Gasteiger partial charge >= 0.3 is 12.2 Å². The molecule has 4 fully saturated rings. The van der Waals surface area contributed by atoms with Crippen molar-refractivity contribution in [2.75, 3.05) is 6.54 Å². The highest BCUT2D eigenvalue weighted by atomic mass is 16.6. The van der Waals surface area contributed by atoms with E-state index in [4.69, 9.17) is 19.4 Å². The van der Waals surface area contributed by atoms with E-state index in [1.54, 1.807) is 0 Å². The second-order valence-corrected chi connectivity index (χ2v) is 18.1. The van der Waals surface area contributed by atoms with Crippen molar-refractivity contribution >= 4 is 23.0 Å². The number of ether oxygens (including phenoxy) is 2. The predicted molar refractivity (Wildman–Crippen MR) is 208 cm³/mol. The summed E-state index contributed by atoms with van der Waals surface area (Å²) in [5.74, 6) is 2.05. The van der Waals surface area contributed by atoms with E-state index in [0.29, 0.717) is 5.92 Å². The zero-order valence-electron chi connectivity index (χ0n) is 32.1. The Balaban J connectivity index is 0.900. The maximum atomic E-state index is 13.2. The highest BCUT2D eigenvalue weighted by molar-refractivity contribution is 5.90. The molecule has 10 nitrogen and oxygen atoms in total. The molecular formula is C44H50N6O4. The first kappa shape index (κ1) is 34.6. The molecule has 1 spiro atoms. The fourth-order valence-corrected chi connectivity index (χ4v) is 8.99. The second-order valence-electron chi connectivity index (χ2n) is 18.1. The van der Waals surface area contributed by atoms with Crippen LogP contribution in [0.2, 0.25) is 0 Å². The lowest BCUT2D eigenvalue weighted by Crippen LogP contribution is -2.43. The SMILES string of the molecule is CC(C)(C)OC(=O)N1CC2(CC2)C[C@H]1c1ncc(-c2ccc3cc(-c4ccc(-c5cnc(C6C7CC[C@H](C7)N6C(=O)OC(C)(C)C)[nH]5)cc4)ccc3c2)[nH]1. The van der Waals surface area contributed by atoms with E-state index >= 15 is 0 Å². The topological polar surface area (TPSA) is 116 Å². The maximum absolute atomic E-state index is 13.2. The number of nitrogens with one attached hydrogen (secondary N) is 2. The van der Waals surface area contributed by atoms with Crippen molar-refractivity contribution < 1.29 is 19.1 Å². The lowest BCUT2D eigenvalue weighted by Gasteiger charge is -2.35. The highest BCUT2D eigenvalue weighted by Crippen LogP contribution is 2.58. The van der Waals surface area contributed by atoms with Crippen LogP contribution < -0.4 is 0 Å². The van der Waals surface area contributed by atoms with Gasteiger partial charge in [-0.25, -0.2) is 19.6 Å². The molecule has 2 saturated carbocycles. The number of nitrogens with zero attached hydrogens (tertiary/aromatic N) is 4. The Hall–Kier alpha value is -5.12. The van der Waals surface area contributed by atoms with Crippen molar-refractivity contribution in [2.24, 2.45) is 11.3 Å². The quantitative estimate of drug-likeness (QED) is 0.186. The minimum absolute atomic E-state index is 0.0864. The number of amides is 2. The van der Waals surface area contributed by atoms with Crippen LogP contribution in [0.5, 0.6) is 0 Å². The summed E-state index contributed by atoms with van der Waals surface area (Å²) in [6, 6.07) is 21.6. The van der Waals surface area contributed by atoms with E-state index in [9.17, 15) is 9.59 Å². The van der Waals surface area contributed by atoms with E-state index in [2.05, 4.69) is 70.6 Å². The monoisotopic (exact) mass is 726 g/mol. The fraction of sp³-hybridized carbons (Fsp3) is 0.455. The molecule has 0 radical (unpaired) electrons. The summed E-state index contributed by atoms with van der Waals surface area (Å²) in [5, 5.41) is 2.30. The third-order valence-corrected chi connectivity index (χ3v) is 11.8. The minimum atomic E-state index is -0.543. The Morgan fingerprint density at radius 1 is 0.722 bits per heavy atom. The number of aromatic amines is 2. The normalized spacial score (nSPS) is 23.1. The second kappa shape index (κ2) is 12.5. The average Bonchev–Trinajstić information content (AvgIpc) is 3.74. The first-order chi connectivity index (χ1) is 25.7. The van der Waals surface area contributed by atoms with Crippen LogP contribution in [-0.4, -0.2) is 65.7 Å². The average molecular weight is 727 g/mol. The molecule has 280 valence electrons. The molecule has 5 aromatic rings. The van der Waals surface area contributed by atoms with Crippen LogP contribution in [0.25, 0.3) is 44.4 Å². The van der Waals surface area contributed by atoms with Gasteiger partial charge in [-0.3, -0.25) is 9.80 Å². The Morgan fingerprint density at radius 2 is 1.30 bits per heavy atom. The van der Waals surface area contributed by atoms with Crippen molar-refractivity contribution in [1.29, 1.82) is 0 Å². The Kier molecular flexibility index (Phi) is 7.99. The number of piperidine rings is 1. The molecule has 3 aromatic carbocycles. The molecule has 4 aliphatic rings. The van der Waals surface area contributed by atoms with Crippen LogP contribution in [0.4, 0.5) is 9.59 Å². The third kappa shape index (κ3) is 6.54. The van der Waals surface area contributed by atoms with Gasteiger partial charge in [0.15, 0.2) is 0 Å². The number of hydrogen-bond acceptors (Lipinski definition) is 6. The van der Waals surface area contributed by atoms with Crippen molar-refractivity contribution in [1.82, 2.24) is 29.7 Å². The molecule has 2 aliphatic heterocycles. The maximum Gasteiger partial charge on any atom is 0.411 e. The predicted octanol–water partition coefficient (Wildman–Crippen LogP) is 10.2. The van der Waals surface area contributed by atoms with Gasteiger partial charge in [-0.2, -0.15) is 0 Å². The lowest BCUT2D eigenvalue weighted by molar-refractivity contribution is 0.00613. The van der Waals surface area contributed by atoms with Gasteiger partial charge in [0.2, 0.25) is 0 Å². The van der Waals surface area contributed by atoms with Crippen LogP contribution in [0.3, 0.4) is 0 Å². The first-order valence-corrected chi connectivity index (χ1v) is 19.5. The number of H-pyrrole nitrogens is 2. The molecule has 2 bridgehead atoms. The van der Waals surface area contributed by atoms with Gasteiger partial charge < -0.3 is 19.4 Å². The van der Waals surface area contributed by atoms with Crippen LogP contribution in [-0.2, 0) is 9.47 Å². The van der Waals surface area contributed by atoms with E-state index < -0.39 is 11.2 Å². The van der Waals surface area contributed by atoms with Crippen LogP contribution in [0, 0.1) is 11.3 Å². The minimum Gasteiger partial charge on any atom is -0.444 e. The van der Waals surface area contributed by atoms with Crippen LogP contribution in [0.15, 0.2) is 73.1 Å². The largest absolute Gasteiger partial charge is 0.444 e. The van der Waals surface area contributed by atoms with Gasteiger partial charge in [0.1, 0.15) is 22.9 Å². The number of benzene rings is 3. The number of carbonyl (C=O) groups excluding carboxylic acids is 2.